The Balaban J connectivity index is 3.17. The molecule has 1 aromatic carbocycles. The van der Waals surface area contributed by atoms with Crippen molar-refractivity contribution in [2.45, 2.75) is 26.7 Å². The topological polar surface area (TPSA) is 0 Å². The van der Waals surface area contributed by atoms with E-state index < -0.39 is 0 Å². The predicted octanol–water partition coefficient (Wildman–Crippen LogP) is 3.26. The van der Waals surface area contributed by atoms with Crippen LogP contribution in [-0.4, -0.2) is 0 Å². The lowest BCUT2D eigenvalue weighted by atomic mass is 9.98. The molecule has 11 heavy (non-hydrogen) atoms. The number of halogens is 1. The zero-order valence-corrected chi connectivity index (χ0v) is 7.19. The average Bonchev–Trinajstić information content (AvgIpc) is 1.94. The molecular formula is C10H13F. The molecule has 0 N–H and O–H groups in total. The van der Waals surface area contributed by atoms with E-state index in [9.17, 15) is 4.39 Å². The smallest absolute Gasteiger partial charge is 0.126 e. The molecule has 0 bridgehead atoms. The Morgan fingerprint density at radius 2 is 1.91 bits per heavy atom. The second kappa shape index (κ2) is 3.04. The monoisotopic (exact) mass is 152 g/mol. The van der Waals surface area contributed by atoms with Crippen LogP contribution in [0.3, 0.4) is 0 Å². The Hall–Kier alpha value is -0.850. The molecule has 0 fully saturated rings. The largest absolute Gasteiger partial charge is 0.207 e. The number of benzene rings is 1. The normalized spacial score (nSPS) is 10.6. The fourth-order valence-corrected chi connectivity index (χ4v) is 1.25. The molecule has 0 radical (unpaired) electrons. The van der Waals surface area contributed by atoms with Crippen LogP contribution in [0.4, 0.5) is 4.39 Å². The van der Waals surface area contributed by atoms with Gasteiger partial charge in [0.1, 0.15) is 5.82 Å². The zero-order chi connectivity index (χ0) is 8.43. The summed E-state index contributed by atoms with van der Waals surface area (Å²) in [5, 5.41) is 0. The number of hydrogen-bond donors (Lipinski definition) is 0. The Morgan fingerprint density at radius 3 is 2.36 bits per heavy atom. The van der Waals surface area contributed by atoms with Crippen molar-refractivity contribution in [1.29, 1.82) is 0 Å². The third-order valence-electron chi connectivity index (χ3n) is 1.93. The number of rotatable bonds is 1. The van der Waals surface area contributed by atoms with E-state index >= 15 is 0 Å². The van der Waals surface area contributed by atoms with Crippen molar-refractivity contribution < 1.29 is 4.39 Å². The highest BCUT2D eigenvalue weighted by molar-refractivity contribution is 5.29. The highest BCUT2D eigenvalue weighted by atomic mass is 19.1. The molecule has 0 aliphatic rings. The molecule has 0 atom stereocenters. The van der Waals surface area contributed by atoms with Gasteiger partial charge in [-0.25, -0.2) is 4.39 Å². The summed E-state index contributed by atoms with van der Waals surface area (Å²) in [5.74, 6) is 0.307. The van der Waals surface area contributed by atoms with E-state index in [2.05, 4.69) is 13.8 Å². The van der Waals surface area contributed by atoms with Crippen LogP contribution in [0.15, 0.2) is 18.2 Å². The summed E-state index contributed by atoms with van der Waals surface area (Å²) in [6.45, 7) is 5.97. The molecule has 0 heterocycles. The van der Waals surface area contributed by atoms with Crippen LogP contribution >= 0.6 is 0 Å². The predicted molar refractivity (Wildman–Crippen MR) is 45.2 cm³/mol. The van der Waals surface area contributed by atoms with Crippen molar-refractivity contribution in [2.24, 2.45) is 0 Å². The SMILES string of the molecule is Cc1c(F)cccc1C(C)C. The average molecular weight is 152 g/mol. The van der Waals surface area contributed by atoms with E-state index in [1.54, 1.807) is 6.07 Å². The highest BCUT2D eigenvalue weighted by Crippen LogP contribution is 2.20. The van der Waals surface area contributed by atoms with E-state index in [-0.39, 0.29) is 5.82 Å². The minimum Gasteiger partial charge on any atom is -0.207 e. The van der Waals surface area contributed by atoms with E-state index in [0.717, 1.165) is 11.1 Å². The van der Waals surface area contributed by atoms with Crippen molar-refractivity contribution in [3.63, 3.8) is 0 Å². The zero-order valence-electron chi connectivity index (χ0n) is 7.19. The first-order valence-corrected chi connectivity index (χ1v) is 3.88. The van der Waals surface area contributed by atoms with Gasteiger partial charge in [-0.05, 0) is 30.0 Å². The third kappa shape index (κ3) is 1.59. The molecule has 0 aliphatic carbocycles. The van der Waals surface area contributed by atoms with Gasteiger partial charge in [-0.1, -0.05) is 26.0 Å². The maximum Gasteiger partial charge on any atom is 0.126 e. The molecule has 0 aliphatic heterocycles. The van der Waals surface area contributed by atoms with Crippen LogP contribution in [0.2, 0.25) is 0 Å². The van der Waals surface area contributed by atoms with Gasteiger partial charge in [0.25, 0.3) is 0 Å². The highest BCUT2D eigenvalue weighted by Gasteiger charge is 2.05. The van der Waals surface area contributed by atoms with Crippen LogP contribution < -0.4 is 0 Å². The van der Waals surface area contributed by atoms with E-state index in [1.165, 1.54) is 6.07 Å². The minimum atomic E-state index is -0.101. The molecule has 0 unspecified atom stereocenters. The van der Waals surface area contributed by atoms with Gasteiger partial charge in [0, 0.05) is 0 Å². The quantitative estimate of drug-likeness (QED) is 0.579. The van der Waals surface area contributed by atoms with Gasteiger partial charge in [0.05, 0.1) is 0 Å². The lowest BCUT2D eigenvalue weighted by Gasteiger charge is -2.08. The standard InChI is InChI=1S/C10H13F/c1-7(2)9-5-4-6-10(11)8(9)3/h4-7H,1-3H3. The Bertz CT molecular complexity index is 251. The molecule has 0 spiro atoms. The first-order valence-electron chi connectivity index (χ1n) is 3.88. The summed E-state index contributed by atoms with van der Waals surface area (Å²) in [4.78, 5) is 0. The van der Waals surface area contributed by atoms with Gasteiger partial charge in [-0.15, -0.1) is 0 Å². The van der Waals surface area contributed by atoms with Gasteiger partial charge >= 0.3 is 0 Å². The molecule has 60 valence electrons. The maximum absolute atomic E-state index is 12.9. The maximum atomic E-state index is 12.9. The van der Waals surface area contributed by atoms with Crippen molar-refractivity contribution in [3.8, 4) is 0 Å². The van der Waals surface area contributed by atoms with Crippen molar-refractivity contribution >= 4 is 0 Å². The molecule has 0 aromatic heterocycles. The van der Waals surface area contributed by atoms with Crippen molar-refractivity contribution in [2.75, 3.05) is 0 Å². The third-order valence-corrected chi connectivity index (χ3v) is 1.93. The second-order valence-electron chi connectivity index (χ2n) is 3.11. The van der Waals surface area contributed by atoms with Gasteiger partial charge in [0.2, 0.25) is 0 Å². The minimum absolute atomic E-state index is 0.101. The molecule has 0 nitrogen and oxygen atoms in total. The fraction of sp³-hybridized carbons (Fsp3) is 0.400. The summed E-state index contributed by atoms with van der Waals surface area (Å²) in [7, 11) is 0. The van der Waals surface area contributed by atoms with Crippen molar-refractivity contribution in [1.82, 2.24) is 0 Å². The van der Waals surface area contributed by atoms with Gasteiger partial charge in [-0.2, -0.15) is 0 Å². The Labute approximate surface area is 67.1 Å². The molecule has 0 saturated heterocycles. The van der Waals surface area contributed by atoms with E-state index in [1.807, 2.05) is 13.0 Å². The Morgan fingerprint density at radius 1 is 1.27 bits per heavy atom. The molecule has 0 amide bonds. The lowest BCUT2D eigenvalue weighted by molar-refractivity contribution is 0.612. The van der Waals surface area contributed by atoms with Gasteiger partial charge < -0.3 is 0 Å². The summed E-state index contributed by atoms with van der Waals surface area (Å²) in [6, 6.07) is 5.24. The van der Waals surface area contributed by atoms with Crippen LogP contribution in [0, 0.1) is 12.7 Å². The van der Waals surface area contributed by atoms with Crippen LogP contribution in [0.5, 0.6) is 0 Å². The summed E-state index contributed by atoms with van der Waals surface area (Å²) in [5.41, 5.74) is 1.88. The second-order valence-corrected chi connectivity index (χ2v) is 3.11. The molecular weight excluding hydrogens is 139 g/mol. The van der Waals surface area contributed by atoms with Crippen LogP contribution in [-0.2, 0) is 0 Å². The van der Waals surface area contributed by atoms with E-state index in [0.29, 0.717) is 5.92 Å². The first-order chi connectivity index (χ1) is 5.13. The molecule has 0 saturated carbocycles. The summed E-state index contributed by atoms with van der Waals surface area (Å²) in [6.07, 6.45) is 0. The molecule has 1 heteroatoms. The molecule has 1 rings (SSSR count). The first kappa shape index (κ1) is 8.25. The van der Waals surface area contributed by atoms with Gasteiger partial charge in [0.15, 0.2) is 0 Å². The van der Waals surface area contributed by atoms with Crippen LogP contribution in [0.25, 0.3) is 0 Å². The van der Waals surface area contributed by atoms with E-state index in [4.69, 9.17) is 0 Å². The van der Waals surface area contributed by atoms with Crippen molar-refractivity contribution in [3.05, 3.63) is 35.1 Å². The number of hydrogen-bond acceptors (Lipinski definition) is 0. The summed E-state index contributed by atoms with van der Waals surface area (Å²) >= 11 is 0. The Kier molecular flexibility index (Phi) is 2.28. The molecule has 1 aromatic rings. The lowest BCUT2D eigenvalue weighted by Crippen LogP contribution is -1.93. The van der Waals surface area contributed by atoms with Gasteiger partial charge in [-0.3, -0.25) is 0 Å². The summed E-state index contributed by atoms with van der Waals surface area (Å²) < 4.78 is 12.9. The fourth-order valence-electron chi connectivity index (χ4n) is 1.25. The van der Waals surface area contributed by atoms with Crippen LogP contribution in [0.1, 0.15) is 30.9 Å².